The van der Waals surface area contributed by atoms with Gasteiger partial charge < -0.3 is 5.32 Å². The van der Waals surface area contributed by atoms with Crippen LogP contribution in [0.3, 0.4) is 0 Å². The fraction of sp³-hybridized carbons (Fsp3) is 0.727. The maximum atomic E-state index is 12.2. The van der Waals surface area contributed by atoms with E-state index >= 15 is 0 Å². The zero-order valence-corrected chi connectivity index (χ0v) is 12.6. The second-order valence-electron chi connectivity index (χ2n) is 4.49. The number of sulfonamides is 1. The number of nitrogens with zero attached hydrogens (tertiary/aromatic N) is 1. The summed E-state index contributed by atoms with van der Waals surface area (Å²) in [7, 11) is -3.49. The smallest absolute Gasteiger partial charge is 0.257 e. The molecule has 108 valence electrons. The Morgan fingerprint density at radius 1 is 1.58 bits per heavy atom. The van der Waals surface area contributed by atoms with Crippen LogP contribution in [0, 0.1) is 0 Å². The topological polar surface area (TPSA) is 86.9 Å². The van der Waals surface area contributed by atoms with Crippen molar-refractivity contribution in [1.29, 1.82) is 0 Å². The van der Waals surface area contributed by atoms with E-state index in [4.69, 9.17) is 0 Å². The van der Waals surface area contributed by atoms with Gasteiger partial charge in [0.15, 0.2) is 5.03 Å². The van der Waals surface area contributed by atoms with Gasteiger partial charge in [-0.05, 0) is 25.1 Å². The summed E-state index contributed by atoms with van der Waals surface area (Å²) in [6.07, 6.45) is 3.81. The minimum Gasteiger partial charge on any atom is -0.313 e. The highest BCUT2D eigenvalue weighted by Gasteiger charge is 2.23. The van der Waals surface area contributed by atoms with Crippen molar-refractivity contribution in [2.24, 2.45) is 0 Å². The molecule has 0 bridgehead atoms. The molecule has 0 spiro atoms. The van der Waals surface area contributed by atoms with Gasteiger partial charge in [0.05, 0.1) is 6.20 Å². The first-order valence-electron chi connectivity index (χ1n) is 6.47. The molecule has 1 aromatic heterocycles. The molecule has 0 amide bonds. The lowest BCUT2D eigenvalue weighted by Gasteiger charge is -2.11. The van der Waals surface area contributed by atoms with Gasteiger partial charge >= 0.3 is 0 Å². The summed E-state index contributed by atoms with van der Waals surface area (Å²) in [6, 6.07) is 0. The largest absolute Gasteiger partial charge is 0.313 e. The first-order valence-corrected chi connectivity index (χ1v) is 9.01. The highest BCUT2D eigenvalue weighted by molar-refractivity contribution is 8.00. The van der Waals surface area contributed by atoms with Crippen LogP contribution in [0.15, 0.2) is 11.2 Å². The second kappa shape index (κ2) is 6.74. The number of H-pyrrole nitrogens is 1. The molecule has 1 aliphatic rings. The van der Waals surface area contributed by atoms with Crippen LogP contribution in [-0.4, -0.2) is 42.7 Å². The SMILES string of the molecule is CCNCc1cn[nH]c1S(=O)(=O)NCC1CCCS1. The molecule has 2 heterocycles. The minimum absolute atomic E-state index is 0.177. The van der Waals surface area contributed by atoms with Crippen molar-refractivity contribution in [3.05, 3.63) is 11.8 Å². The van der Waals surface area contributed by atoms with Gasteiger partial charge in [-0.1, -0.05) is 6.92 Å². The number of aromatic amines is 1. The molecule has 1 aromatic rings. The summed E-state index contributed by atoms with van der Waals surface area (Å²) < 4.78 is 27.1. The monoisotopic (exact) mass is 304 g/mol. The quantitative estimate of drug-likeness (QED) is 0.690. The lowest BCUT2D eigenvalue weighted by Crippen LogP contribution is -2.31. The van der Waals surface area contributed by atoms with Gasteiger partial charge in [-0.25, -0.2) is 13.1 Å². The fourth-order valence-corrected chi connectivity index (χ4v) is 4.51. The maximum Gasteiger partial charge on any atom is 0.257 e. The molecular formula is C11H20N4O2S2. The van der Waals surface area contributed by atoms with Gasteiger partial charge in [-0.3, -0.25) is 5.10 Å². The van der Waals surface area contributed by atoms with E-state index in [1.54, 1.807) is 6.20 Å². The predicted molar refractivity (Wildman–Crippen MR) is 76.6 cm³/mol. The van der Waals surface area contributed by atoms with Gasteiger partial charge in [-0.15, -0.1) is 0 Å². The van der Waals surface area contributed by atoms with Crippen LogP contribution in [-0.2, 0) is 16.6 Å². The molecule has 0 aromatic carbocycles. The highest BCUT2D eigenvalue weighted by atomic mass is 32.2. The van der Waals surface area contributed by atoms with Crippen molar-refractivity contribution in [2.45, 2.75) is 36.6 Å². The Balaban J connectivity index is 1.99. The lowest BCUT2D eigenvalue weighted by atomic mass is 10.2. The highest BCUT2D eigenvalue weighted by Crippen LogP contribution is 2.25. The predicted octanol–water partition coefficient (Wildman–Crippen LogP) is 0.693. The Kier molecular flexibility index (Phi) is 5.26. The van der Waals surface area contributed by atoms with Crippen molar-refractivity contribution < 1.29 is 8.42 Å². The molecule has 3 N–H and O–H groups in total. The molecule has 1 saturated heterocycles. The first-order chi connectivity index (χ1) is 9.13. The van der Waals surface area contributed by atoms with E-state index in [1.807, 2.05) is 18.7 Å². The van der Waals surface area contributed by atoms with Crippen molar-refractivity contribution in [3.8, 4) is 0 Å². The van der Waals surface area contributed by atoms with E-state index in [2.05, 4.69) is 20.2 Å². The molecular weight excluding hydrogens is 284 g/mol. The third-order valence-corrected chi connectivity index (χ3v) is 5.87. The Hall–Kier alpha value is -0.570. The molecule has 1 atom stereocenters. The van der Waals surface area contributed by atoms with E-state index in [-0.39, 0.29) is 5.03 Å². The summed E-state index contributed by atoms with van der Waals surface area (Å²) in [4.78, 5) is 0. The van der Waals surface area contributed by atoms with Crippen LogP contribution < -0.4 is 10.0 Å². The molecule has 8 heteroatoms. The number of rotatable bonds is 7. The summed E-state index contributed by atoms with van der Waals surface area (Å²) in [5.41, 5.74) is 0.674. The standard InChI is InChI=1S/C11H20N4O2S2/c1-2-12-6-9-7-13-15-11(9)19(16,17)14-8-10-4-3-5-18-10/h7,10,12,14H,2-6,8H2,1H3,(H,13,15). The van der Waals surface area contributed by atoms with Crippen molar-refractivity contribution in [2.75, 3.05) is 18.8 Å². The summed E-state index contributed by atoms with van der Waals surface area (Å²) in [6.45, 7) is 3.76. The number of hydrogen-bond acceptors (Lipinski definition) is 5. The third kappa shape index (κ3) is 3.95. The molecule has 0 radical (unpaired) electrons. The van der Waals surface area contributed by atoms with Gasteiger partial charge in [0.2, 0.25) is 0 Å². The third-order valence-electron chi connectivity index (χ3n) is 3.04. The van der Waals surface area contributed by atoms with E-state index < -0.39 is 10.0 Å². The van der Waals surface area contributed by atoms with Crippen LogP contribution >= 0.6 is 11.8 Å². The van der Waals surface area contributed by atoms with Gasteiger partial charge in [-0.2, -0.15) is 16.9 Å². The van der Waals surface area contributed by atoms with Gasteiger partial charge in [0.25, 0.3) is 10.0 Å². The number of hydrogen-bond donors (Lipinski definition) is 3. The lowest BCUT2D eigenvalue weighted by molar-refractivity contribution is 0.572. The Labute approximate surface area is 118 Å². The molecule has 1 fully saturated rings. The average molecular weight is 304 g/mol. The van der Waals surface area contributed by atoms with Crippen LogP contribution in [0.4, 0.5) is 0 Å². The summed E-state index contributed by atoms with van der Waals surface area (Å²) >= 11 is 1.83. The van der Waals surface area contributed by atoms with Crippen molar-refractivity contribution >= 4 is 21.8 Å². The van der Waals surface area contributed by atoms with E-state index in [0.29, 0.717) is 23.9 Å². The maximum absolute atomic E-state index is 12.2. The molecule has 2 rings (SSSR count). The molecule has 1 unspecified atom stereocenters. The molecule has 6 nitrogen and oxygen atoms in total. The first kappa shape index (κ1) is 14.8. The van der Waals surface area contributed by atoms with E-state index in [1.165, 1.54) is 6.42 Å². The fourth-order valence-electron chi connectivity index (χ4n) is 2.00. The van der Waals surface area contributed by atoms with Gasteiger partial charge in [0.1, 0.15) is 0 Å². The van der Waals surface area contributed by atoms with Crippen LogP contribution in [0.1, 0.15) is 25.3 Å². The zero-order chi connectivity index (χ0) is 13.7. The van der Waals surface area contributed by atoms with E-state index in [9.17, 15) is 8.42 Å². The molecule has 0 saturated carbocycles. The zero-order valence-electron chi connectivity index (χ0n) is 11.0. The average Bonchev–Trinajstić information content (AvgIpc) is 3.05. The summed E-state index contributed by atoms with van der Waals surface area (Å²) in [5.74, 6) is 1.13. The molecule has 1 aliphatic heterocycles. The van der Waals surface area contributed by atoms with E-state index in [0.717, 1.165) is 18.7 Å². The van der Waals surface area contributed by atoms with Gasteiger partial charge in [0, 0.05) is 23.9 Å². The Morgan fingerprint density at radius 3 is 3.11 bits per heavy atom. The Bertz CT molecular complexity index is 495. The number of nitrogens with one attached hydrogen (secondary N) is 3. The molecule has 19 heavy (non-hydrogen) atoms. The van der Waals surface area contributed by atoms with Crippen LogP contribution in [0.25, 0.3) is 0 Å². The minimum atomic E-state index is -3.49. The summed E-state index contributed by atoms with van der Waals surface area (Å²) in [5, 5.41) is 10.1. The van der Waals surface area contributed by atoms with Crippen LogP contribution in [0.2, 0.25) is 0 Å². The van der Waals surface area contributed by atoms with Crippen LogP contribution in [0.5, 0.6) is 0 Å². The van der Waals surface area contributed by atoms with Crippen molar-refractivity contribution in [3.63, 3.8) is 0 Å². The number of aromatic nitrogens is 2. The number of thioether (sulfide) groups is 1. The normalized spacial score (nSPS) is 19.9. The molecule has 0 aliphatic carbocycles. The second-order valence-corrected chi connectivity index (χ2v) is 7.60. The van der Waals surface area contributed by atoms with Crippen molar-refractivity contribution in [1.82, 2.24) is 20.2 Å². The Morgan fingerprint density at radius 2 is 2.42 bits per heavy atom.